The van der Waals surface area contributed by atoms with Crippen LogP contribution in [0.25, 0.3) is 32.8 Å². The van der Waals surface area contributed by atoms with Crippen molar-refractivity contribution in [2.24, 2.45) is 0 Å². The SMILES string of the molecule is Cc1cnc(F)cc1-c1cccc2c(CCCOc3cccc4ccccc34)c(C(=O)O)n(CCN3CCOCC3)c12. The molecule has 5 aromatic rings. The lowest BCUT2D eigenvalue weighted by atomic mass is 9.98. The van der Waals surface area contributed by atoms with E-state index in [-0.39, 0.29) is 5.69 Å². The number of hydrogen-bond acceptors (Lipinski definition) is 5. The molecule has 0 bridgehead atoms. The van der Waals surface area contributed by atoms with Gasteiger partial charge in [-0.15, -0.1) is 0 Å². The van der Waals surface area contributed by atoms with Crippen LogP contribution in [0.2, 0.25) is 0 Å². The van der Waals surface area contributed by atoms with Crippen molar-refractivity contribution < 1.29 is 23.8 Å². The Morgan fingerprint density at radius 3 is 2.60 bits per heavy atom. The molecule has 1 saturated heterocycles. The first kappa shape index (κ1) is 27.9. The van der Waals surface area contributed by atoms with Crippen LogP contribution in [-0.2, 0) is 17.7 Å². The number of hydrogen-bond donors (Lipinski definition) is 1. The molecule has 0 aliphatic carbocycles. The summed E-state index contributed by atoms with van der Waals surface area (Å²) in [5.74, 6) is -0.720. The molecule has 2 aromatic heterocycles. The number of aromatic carboxylic acids is 1. The summed E-state index contributed by atoms with van der Waals surface area (Å²) in [7, 11) is 0. The number of carboxylic acid groups (broad SMARTS) is 1. The Kier molecular flexibility index (Phi) is 8.17. The number of rotatable bonds is 10. The zero-order valence-electron chi connectivity index (χ0n) is 23.7. The van der Waals surface area contributed by atoms with E-state index in [0.717, 1.165) is 57.2 Å². The van der Waals surface area contributed by atoms with Gasteiger partial charge in [-0.2, -0.15) is 4.39 Å². The van der Waals surface area contributed by atoms with Crippen molar-refractivity contribution in [1.29, 1.82) is 0 Å². The summed E-state index contributed by atoms with van der Waals surface area (Å²) < 4.78 is 27.9. The normalized spacial score (nSPS) is 14.0. The highest BCUT2D eigenvalue weighted by molar-refractivity contribution is 6.04. The first-order valence-electron chi connectivity index (χ1n) is 14.4. The number of carbonyl (C=O) groups is 1. The van der Waals surface area contributed by atoms with Gasteiger partial charge < -0.3 is 19.1 Å². The fourth-order valence-electron chi connectivity index (χ4n) is 6.03. The molecule has 1 fully saturated rings. The van der Waals surface area contributed by atoms with Crippen LogP contribution < -0.4 is 4.74 Å². The third-order valence-corrected chi connectivity index (χ3v) is 8.07. The van der Waals surface area contributed by atoms with Gasteiger partial charge in [-0.1, -0.05) is 54.6 Å². The number of aromatic nitrogens is 2. The molecule has 3 aromatic carbocycles. The van der Waals surface area contributed by atoms with Crippen molar-refractivity contribution in [1.82, 2.24) is 14.5 Å². The monoisotopic (exact) mass is 567 g/mol. The maximum atomic E-state index is 14.3. The predicted molar refractivity (Wildman–Crippen MR) is 162 cm³/mol. The van der Waals surface area contributed by atoms with Gasteiger partial charge >= 0.3 is 5.97 Å². The Hall–Kier alpha value is -4.27. The minimum atomic E-state index is -0.971. The molecule has 42 heavy (non-hydrogen) atoms. The van der Waals surface area contributed by atoms with Gasteiger partial charge in [-0.05, 0) is 47.9 Å². The Morgan fingerprint density at radius 2 is 1.76 bits per heavy atom. The van der Waals surface area contributed by atoms with Gasteiger partial charge in [0.1, 0.15) is 11.4 Å². The van der Waals surface area contributed by atoms with Crippen molar-refractivity contribution in [2.45, 2.75) is 26.3 Å². The van der Waals surface area contributed by atoms with Crippen molar-refractivity contribution in [2.75, 3.05) is 39.5 Å². The van der Waals surface area contributed by atoms with Gasteiger partial charge in [0.05, 0.1) is 25.3 Å². The van der Waals surface area contributed by atoms with Gasteiger partial charge in [-0.25, -0.2) is 9.78 Å². The third kappa shape index (κ3) is 5.60. The van der Waals surface area contributed by atoms with E-state index < -0.39 is 11.9 Å². The van der Waals surface area contributed by atoms with Crippen LogP contribution in [0.1, 0.15) is 28.0 Å². The van der Waals surface area contributed by atoms with Gasteiger partial charge in [0.2, 0.25) is 5.95 Å². The van der Waals surface area contributed by atoms with Gasteiger partial charge in [0, 0.05) is 54.8 Å². The molecule has 0 saturated carbocycles. The predicted octanol–water partition coefficient (Wildman–Crippen LogP) is 6.35. The number of halogens is 1. The number of aryl methyl sites for hydroxylation is 2. The molecule has 3 heterocycles. The maximum Gasteiger partial charge on any atom is 0.352 e. The summed E-state index contributed by atoms with van der Waals surface area (Å²) in [6.07, 6.45) is 2.69. The van der Waals surface area contributed by atoms with E-state index in [4.69, 9.17) is 9.47 Å². The molecule has 0 unspecified atom stereocenters. The van der Waals surface area contributed by atoms with Crippen LogP contribution in [0.15, 0.2) is 72.9 Å². The molecule has 6 rings (SSSR count). The Labute approximate surface area is 244 Å². The second kappa shape index (κ2) is 12.3. The molecule has 1 aliphatic heterocycles. The number of benzene rings is 3. The molecule has 1 N–H and O–H groups in total. The molecule has 0 atom stereocenters. The quantitative estimate of drug-likeness (QED) is 0.157. The fraction of sp³-hybridized carbons (Fsp3) is 0.294. The van der Waals surface area contributed by atoms with Crippen molar-refractivity contribution in [3.8, 4) is 16.9 Å². The van der Waals surface area contributed by atoms with E-state index >= 15 is 0 Å². The van der Waals surface area contributed by atoms with Crippen LogP contribution in [0.5, 0.6) is 5.75 Å². The molecular weight excluding hydrogens is 533 g/mol. The Morgan fingerprint density at radius 1 is 1.00 bits per heavy atom. The van der Waals surface area contributed by atoms with E-state index in [9.17, 15) is 14.3 Å². The molecule has 8 heteroatoms. The number of nitrogens with zero attached hydrogens (tertiary/aromatic N) is 3. The number of ether oxygens (including phenoxy) is 2. The lowest BCUT2D eigenvalue weighted by Crippen LogP contribution is -2.38. The Balaban J connectivity index is 1.36. The number of para-hydroxylation sites is 1. The molecule has 7 nitrogen and oxygen atoms in total. The summed E-state index contributed by atoms with van der Waals surface area (Å²) in [5, 5.41) is 13.6. The standard InChI is InChI=1S/C34H34FN3O4/c1-23-22-36-31(35)21-29(23)28-11-5-10-26-27(12-6-18-42-30-13-4-8-24-7-2-3-9-25(24)30)33(34(39)40)38(32(26)28)15-14-37-16-19-41-20-17-37/h2-5,7-11,13,21-22H,6,12,14-20H2,1H3,(H,39,40). The van der Waals surface area contributed by atoms with E-state index in [2.05, 4.69) is 22.0 Å². The molecule has 1 aliphatic rings. The van der Waals surface area contributed by atoms with E-state index in [1.54, 1.807) is 0 Å². The number of pyridine rings is 1. The van der Waals surface area contributed by atoms with Gasteiger partial charge in [0.25, 0.3) is 0 Å². The summed E-state index contributed by atoms with van der Waals surface area (Å²) in [6, 6.07) is 21.4. The highest BCUT2D eigenvalue weighted by atomic mass is 19.1. The molecular formula is C34H34FN3O4. The summed E-state index contributed by atoms with van der Waals surface area (Å²) in [6.45, 7) is 6.47. The van der Waals surface area contributed by atoms with Crippen LogP contribution in [0.4, 0.5) is 4.39 Å². The average Bonchev–Trinajstić information content (AvgIpc) is 3.34. The minimum Gasteiger partial charge on any atom is -0.493 e. The van der Waals surface area contributed by atoms with Crippen molar-refractivity contribution >= 4 is 27.6 Å². The zero-order chi connectivity index (χ0) is 29.1. The average molecular weight is 568 g/mol. The maximum absolute atomic E-state index is 14.3. The topological polar surface area (TPSA) is 76.8 Å². The van der Waals surface area contributed by atoms with Crippen molar-refractivity contribution in [3.05, 3.63) is 95.7 Å². The first-order chi connectivity index (χ1) is 20.5. The smallest absolute Gasteiger partial charge is 0.352 e. The molecule has 216 valence electrons. The summed E-state index contributed by atoms with van der Waals surface area (Å²) >= 11 is 0. The largest absolute Gasteiger partial charge is 0.493 e. The third-order valence-electron chi connectivity index (χ3n) is 8.07. The number of morpholine rings is 1. The zero-order valence-corrected chi connectivity index (χ0v) is 23.7. The van der Waals surface area contributed by atoms with Crippen LogP contribution >= 0.6 is 0 Å². The van der Waals surface area contributed by atoms with E-state index in [0.29, 0.717) is 51.3 Å². The summed E-state index contributed by atoms with van der Waals surface area (Å²) in [5.41, 5.74) is 4.20. The van der Waals surface area contributed by atoms with Crippen molar-refractivity contribution in [3.63, 3.8) is 0 Å². The van der Waals surface area contributed by atoms with E-state index in [1.165, 1.54) is 12.3 Å². The molecule has 0 radical (unpaired) electrons. The molecule has 0 spiro atoms. The number of fused-ring (bicyclic) bond motifs is 2. The van der Waals surface area contributed by atoms with Crippen LogP contribution in [0.3, 0.4) is 0 Å². The summed E-state index contributed by atoms with van der Waals surface area (Å²) in [4.78, 5) is 19.0. The molecule has 0 amide bonds. The highest BCUT2D eigenvalue weighted by Gasteiger charge is 2.25. The fourth-order valence-corrected chi connectivity index (χ4v) is 6.03. The van der Waals surface area contributed by atoms with Gasteiger partial charge in [-0.3, -0.25) is 4.90 Å². The number of carboxylic acids is 1. The highest BCUT2D eigenvalue weighted by Crippen LogP contribution is 2.37. The minimum absolute atomic E-state index is 0.281. The second-order valence-corrected chi connectivity index (χ2v) is 10.7. The van der Waals surface area contributed by atoms with Crippen LogP contribution in [-0.4, -0.2) is 65.0 Å². The first-order valence-corrected chi connectivity index (χ1v) is 14.4. The Bertz CT molecular complexity index is 1740. The van der Waals surface area contributed by atoms with E-state index in [1.807, 2.05) is 60.0 Å². The van der Waals surface area contributed by atoms with Gasteiger partial charge in [0.15, 0.2) is 0 Å². The lowest BCUT2D eigenvalue weighted by molar-refractivity contribution is 0.0362. The van der Waals surface area contributed by atoms with Crippen LogP contribution in [0, 0.1) is 12.9 Å². The second-order valence-electron chi connectivity index (χ2n) is 10.7. The lowest BCUT2D eigenvalue weighted by Gasteiger charge is -2.27.